The van der Waals surface area contributed by atoms with E-state index in [0.717, 1.165) is 0 Å². The van der Waals surface area contributed by atoms with Crippen LogP contribution in [-0.4, -0.2) is 28.7 Å². The third-order valence-corrected chi connectivity index (χ3v) is 1.47. The van der Waals surface area contributed by atoms with Gasteiger partial charge >= 0.3 is 0 Å². The molecule has 3 heteroatoms. The van der Waals surface area contributed by atoms with Crippen molar-refractivity contribution in [2.24, 2.45) is 0 Å². The number of hydrogen-bond acceptors (Lipinski definition) is 3. The average Bonchev–Trinajstić information content (AvgIpc) is 1.59. The first kappa shape index (κ1) is 6.99. The maximum absolute atomic E-state index is 9.01. The third kappa shape index (κ3) is 1.93. The zero-order valence-corrected chi connectivity index (χ0v) is 5.45. The van der Waals surface area contributed by atoms with Gasteiger partial charge in [-0.05, 0) is 13.3 Å². The van der Waals surface area contributed by atoms with E-state index in [2.05, 4.69) is 0 Å². The maximum Gasteiger partial charge on any atom is 0.157 e. The van der Waals surface area contributed by atoms with E-state index < -0.39 is 6.29 Å². The Morgan fingerprint density at radius 1 is 1.33 bits per heavy atom. The van der Waals surface area contributed by atoms with Gasteiger partial charge in [0.25, 0.3) is 0 Å². The fraction of sp³-hybridized carbons (Fsp3) is 1.00. The van der Waals surface area contributed by atoms with Crippen LogP contribution in [0.2, 0.25) is 0 Å². The van der Waals surface area contributed by atoms with Gasteiger partial charge < -0.3 is 14.9 Å². The zero-order chi connectivity index (χ0) is 6.85. The molecule has 0 radical (unpaired) electrons. The summed E-state index contributed by atoms with van der Waals surface area (Å²) in [6.45, 7) is 1.84. The predicted molar refractivity (Wildman–Crippen MR) is 31.8 cm³/mol. The highest BCUT2D eigenvalue weighted by Crippen LogP contribution is 2.16. The lowest BCUT2D eigenvalue weighted by molar-refractivity contribution is -0.183. The minimum absolute atomic E-state index is 0.0104. The number of hydrogen-bond donors (Lipinski definition) is 2. The summed E-state index contributed by atoms with van der Waals surface area (Å²) in [5, 5.41) is 17.9. The topological polar surface area (TPSA) is 49.7 Å². The van der Waals surface area contributed by atoms with Crippen molar-refractivity contribution in [2.45, 2.75) is 38.3 Å². The fourth-order valence-corrected chi connectivity index (χ4v) is 1.09. The molecule has 1 heterocycles. The van der Waals surface area contributed by atoms with Crippen LogP contribution < -0.4 is 0 Å². The Hall–Kier alpha value is -0.120. The van der Waals surface area contributed by atoms with Crippen LogP contribution in [0.25, 0.3) is 0 Å². The second kappa shape index (κ2) is 2.64. The van der Waals surface area contributed by atoms with Crippen LogP contribution in [0.15, 0.2) is 0 Å². The van der Waals surface area contributed by atoms with Gasteiger partial charge in [-0.1, -0.05) is 0 Å². The molecule has 1 rings (SSSR count). The SMILES string of the molecule is C[C@@H]1C[C@@H](O)C[C@@H](O)O1. The van der Waals surface area contributed by atoms with Crippen LogP contribution in [0, 0.1) is 0 Å². The van der Waals surface area contributed by atoms with Gasteiger partial charge in [-0.3, -0.25) is 0 Å². The molecule has 54 valence electrons. The first-order valence-electron chi connectivity index (χ1n) is 3.20. The molecule has 0 aromatic carbocycles. The van der Waals surface area contributed by atoms with Crippen molar-refractivity contribution in [3.8, 4) is 0 Å². The van der Waals surface area contributed by atoms with Crippen LogP contribution >= 0.6 is 0 Å². The van der Waals surface area contributed by atoms with E-state index in [1.54, 1.807) is 0 Å². The van der Waals surface area contributed by atoms with E-state index in [4.69, 9.17) is 14.9 Å². The molecular weight excluding hydrogens is 120 g/mol. The Bertz CT molecular complexity index is 69.3. The molecule has 3 nitrogen and oxygen atoms in total. The lowest BCUT2D eigenvalue weighted by Crippen LogP contribution is -2.33. The summed E-state index contributed by atoms with van der Waals surface area (Å²) in [6.07, 6.45) is -0.169. The van der Waals surface area contributed by atoms with Gasteiger partial charge in [0.05, 0.1) is 12.2 Å². The van der Waals surface area contributed by atoms with E-state index in [9.17, 15) is 0 Å². The molecule has 1 aliphatic rings. The summed E-state index contributed by atoms with van der Waals surface area (Å²) >= 11 is 0. The molecule has 3 atom stereocenters. The molecule has 2 N–H and O–H groups in total. The molecule has 0 amide bonds. The van der Waals surface area contributed by atoms with Gasteiger partial charge in [-0.15, -0.1) is 0 Å². The summed E-state index contributed by atoms with van der Waals surface area (Å²) in [5.41, 5.74) is 0. The van der Waals surface area contributed by atoms with Crippen LogP contribution in [-0.2, 0) is 4.74 Å². The van der Waals surface area contributed by atoms with Crippen LogP contribution in [0.1, 0.15) is 19.8 Å². The molecule has 0 spiro atoms. The largest absolute Gasteiger partial charge is 0.393 e. The highest BCUT2D eigenvalue weighted by Gasteiger charge is 2.23. The molecule has 0 aliphatic carbocycles. The van der Waals surface area contributed by atoms with Crippen LogP contribution in [0.5, 0.6) is 0 Å². The summed E-state index contributed by atoms with van der Waals surface area (Å²) in [5.74, 6) is 0. The standard InChI is InChI=1S/C6H12O3/c1-4-2-5(7)3-6(8)9-4/h4-8H,2-3H2,1H3/t4-,5-,6+/m1/s1. The Morgan fingerprint density at radius 3 is 2.44 bits per heavy atom. The fourth-order valence-electron chi connectivity index (χ4n) is 1.09. The van der Waals surface area contributed by atoms with Crippen molar-refractivity contribution in [1.29, 1.82) is 0 Å². The molecule has 0 unspecified atom stereocenters. The van der Waals surface area contributed by atoms with Gasteiger partial charge in [0.15, 0.2) is 6.29 Å². The molecule has 1 saturated heterocycles. The van der Waals surface area contributed by atoms with E-state index in [0.29, 0.717) is 12.8 Å². The smallest absolute Gasteiger partial charge is 0.157 e. The first-order chi connectivity index (χ1) is 4.18. The minimum atomic E-state index is -0.760. The van der Waals surface area contributed by atoms with Crippen molar-refractivity contribution in [3.63, 3.8) is 0 Å². The third-order valence-electron chi connectivity index (χ3n) is 1.47. The Morgan fingerprint density at radius 2 is 2.00 bits per heavy atom. The van der Waals surface area contributed by atoms with Crippen molar-refractivity contribution in [2.75, 3.05) is 0 Å². The molecule has 0 aromatic heterocycles. The molecule has 1 fully saturated rings. The van der Waals surface area contributed by atoms with Crippen molar-refractivity contribution < 1.29 is 14.9 Å². The van der Waals surface area contributed by atoms with E-state index >= 15 is 0 Å². The highest BCUT2D eigenvalue weighted by molar-refractivity contribution is 4.68. The second-order valence-electron chi connectivity index (χ2n) is 2.53. The van der Waals surface area contributed by atoms with Gasteiger partial charge in [0.1, 0.15) is 0 Å². The summed E-state index contributed by atoms with van der Waals surface area (Å²) in [7, 11) is 0. The van der Waals surface area contributed by atoms with Crippen LogP contribution in [0.3, 0.4) is 0 Å². The average molecular weight is 132 g/mol. The predicted octanol–water partition coefficient (Wildman–Crippen LogP) is -0.135. The van der Waals surface area contributed by atoms with Gasteiger partial charge in [0.2, 0.25) is 0 Å². The summed E-state index contributed by atoms with van der Waals surface area (Å²) in [4.78, 5) is 0. The number of ether oxygens (including phenoxy) is 1. The molecule has 1 aliphatic heterocycles. The van der Waals surface area contributed by atoms with E-state index in [1.165, 1.54) is 0 Å². The lowest BCUT2D eigenvalue weighted by Gasteiger charge is -2.27. The number of aliphatic hydroxyl groups excluding tert-OH is 2. The first-order valence-corrected chi connectivity index (χ1v) is 3.20. The minimum Gasteiger partial charge on any atom is -0.393 e. The Labute approximate surface area is 54.3 Å². The monoisotopic (exact) mass is 132 g/mol. The van der Waals surface area contributed by atoms with E-state index in [-0.39, 0.29) is 12.2 Å². The molecule has 0 aromatic rings. The second-order valence-corrected chi connectivity index (χ2v) is 2.53. The quantitative estimate of drug-likeness (QED) is 0.482. The van der Waals surface area contributed by atoms with Gasteiger partial charge in [-0.25, -0.2) is 0 Å². The zero-order valence-electron chi connectivity index (χ0n) is 5.45. The van der Waals surface area contributed by atoms with Crippen molar-refractivity contribution in [1.82, 2.24) is 0 Å². The lowest BCUT2D eigenvalue weighted by atomic mass is 10.1. The molecule has 0 saturated carbocycles. The maximum atomic E-state index is 9.01. The normalized spacial score (nSPS) is 45.0. The number of rotatable bonds is 0. The van der Waals surface area contributed by atoms with E-state index in [1.807, 2.05) is 6.92 Å². The molecule has 0 bridgehead atoms. The van der Waals surface area contributed by atoms with Crippen molar-refractivity contribution in [3.05, 3.63) is 0 Å². The number of aliphatic hydroxyl groups is 2. The summed E-state index contributed by atoms with van der Waals surface area (Å²) < 4.78 is 4.95. The molecular formula is C6H12O3. The van der Waals surface area contributed by atoms with Crippen molar-refractivity contribution >= 4 is 0 Å². The van der Waals surface area contributed by atoms with Crippen LogP contribution in [0.4, 0.5) is 0 Å². The Balaban J connectivity index is 2.34. The Kier molecular flexibility index (Phi) is 2.05. The summed E-state index contributed by atoms with van der Waals surface area (Å²) in [6, 6.07) is 0. The highest BCUT2D eigenvalue weighted by atomic mass is 16.6. The molecule has 9 heavy (non-hydrogen) atoms. The van der Waals surface area contributed by atoms with Gasteiger partial charge in [0, 0.05) is 6.42 Å². The van der Waals surface area contributed by atoms with Gasteiger partial charge in [-0.2, -0.15) is 0 Å².